The Labute approximate surface area is 165 Å². The summed E-state index contributed by atoms with van der Waals surface area (Å²) in [6.07, 6.45) is 0.672. The Balaban J connectivity index is 1.58. The Morgan fingerprint density at radius 1 is 1.21 bits per heavy atom. The van der Waals surface area contributed by atoms with Crippen LogP contribution in [0, 0.1) is 6.92 Å². The zero-order valence-electron chi connectivity index (χ0n) is 16.1. The molecule has 0 unspecified atom stereocenters. The van der Waals surface area contributed by atoms with E-state index in [4.69, 9.17) is 4.74 Å². The van der Waals surface area contributed by atoms with Crippen LogP contribution in [0.3, 0.4) is 0 Å². The summed E-state index contributed by atoms with van der Waals surface area (Å²) in [7, 11) is -3.66. The molecule has 1 aliphatic heterocycles. The number of hydrogen-bond acceptors (Lipinski definition) is 5. The second kappa shape index (κ2) is 8.62. The van der Waals surface area contributed by atoms with Crippen LogP contribution < -0.4 is 19.7 Å². The summed E-state index contributed by atoms with van der Waals surface area (Å²) in [6.45, 7) is 5.99. The third-order valence-electron chi connectivity index (χ3n) is 4.54. The van der Waals surface area contributed by atoms with Crippen molar-refractivity contribution in [1.82, 2.24) is 4.72 Å². The van der Waals surface area contributed by atoms with Crippen LogP contribution >= 0.6 is 0 Å². The maximum absolute atomic E-state index is 12.6. The molecular formula is C20H25N3O4S. The van der Waals surface area contributed by atoms with Crippen molar-refractivity contribution in [2.45, 2.75) is 25.2 Å². The van der Waals surface area contributed by atoms with E-state index < -0.39 is 10.0 Å². The highest BCUT2D eigenvalue weighted by molar-refractivity contribution is 7.89. The number of ether oxygens (including phenoxy) is 1. The van der Waals surface area contributed by atoms with Crippen LogP contribution in [0.15, 0.2) is 47.4 Å². The lowest BCUT2D eigenvalue weighted by Gasteiger charge is -2.23. The number of sulfonamides is 1. The third kappa shape index (κ3) is 4.82. The molecule has 1 amide bonds. The number of amides is 1. The molecule has 3 rings (SSSR count). The number of aryl methyl sites for hydroxylation is 1. The summed E-state index contributed by atoms with van der Waals surface area (Å²) in [5, 5.41) is 2.62. The van der Waals surface area contributed by atoms with E-state index >= 15 is 0 Å². The lowest BCUT2D eigenvalue weighted by atomic mass is 10.2. The van der Waals surface area contributed by atoms with Gasteiger partial charge in [-0.2, -0.15) is 0 Å². The van der Waals surface area contributed by atoms with Gasteiger partial charge < -0.3 is 15.0 Å². The standard InChI is InChI=1S/C20H25N3O4S/c1-3-23(16-7-4-6-15(2)12-16)11-5-10-21-28(25,26)17-8-9-19-18(13-17)22-20(24)14-27-19/h4,6-9,12-13,21H,3,5,10-11,14H2,1-2H3,(H,22,24). The number of fused-ring (bicyclic) bond motifs is 1. The van der Waals surface area contributed by atoms with Crippen molar-refractivity contribution in [2.75, 3.05) is 36.5 Å². The number of nitrogens with one attached hydrogen (secondary N) is 2. The van der Waals surface area contributed by atoms with Gasteiger partial charge in [0.25, 0.3) is 5.91 Å². The molecule has 0 atom stereocenters. The van der Waals surface area contributed by atoms with Crippen LogP contribution in [0.25, 0.3) is 0 Å². The molecule has 0 saturated carbocycles. The molecule has 2 aromatic rings. The number of carbonyl (C=O) groups excluding carboxylic acids is 1. The van der Waals surface area contributed by atoms with E-state index in [0.717, 1.165) is 18.8 Å². The maximum atomic E-state index is 12.6. The molecule has 0 aromatic heterocycles. The number of hydrogen-bond donors (Lipinski definition) is 2. The molecule has 2 aromatic carbocycles. The molecule has 0 bridgehead atoms. The fourth-order valence-corrected chi connectivity index (χ4v) is 4.18. The SMILES string of the molecule is CCN(CCCNS(=O)(=O)c1ccc2c(c1)NC(=O)CO2)c1cccc(C)c1. The number of nitrogens with zero attached hydrogens (tertiary/aromatic N) is 1. The number of benzene rings is 2. The quantitative estimate of drug-likeness (QED) is 0.662. The predicted molar refractivity (Wildman–Crippen MR) is 109 cm³/mol. The van der Waals surface area contributed by atoms with E-state index in [1.54, 1.807) is 6.07 Å². The van der Waals surface area contributed by atoms with Crippen LogP contribution in [0.4, 0.5) is 11.4 Å². The highest BCUT2D eigenvalue weighted by Gasteiger charge is 2.20. The largest absolute Gasteiger partial charge is 0.482 e. The lowest BCUT2D eigenvalue weighted by molar-refractivity contribution is -0.118. The minimum absolute atomic E-state index is 0.0633. The molecular weight excluding hydrogens is 378 g/mol. The van der Waals surface area contributed by atoms with Crippen LogP contribution in [-0.2, 0) is 14.8 Å². The molecule has 7 nitrogen and oxygen atoms in total. The van der Waals surface area contributed by atoms with E-state index in [1.807, 2.05) is 6.07 Å². The van der Waals surface area contributed by atoms with E-state index in [1.165, 1.54) is 17.7 Å². The molecule has 0 radical (unpaired) electrons. The van der Waals surface area contributed by atoms with Gasteiger partial charge in [0.2, 0.25) is 10.0 Å². The van der Waals surface area contributed by atoms with Gasteiger partial charge in [-0.1, -0.05) is 12.1 Å². The van der Waals surface area contributed by atoms with Crippen LogP contribution in [0.5, 0.6) is 5.75 Å². The Morgan fingerprint density at radius 3 is 2.79 bits per heavy atom. The predicted octanol–water partition coefficient (Wildman–Crippen LogP) is 2.52. The number of carbonyl (C=O) groups is 1. The molecule has 2 N–H and O–H groups in total. The molecule has 150 valence electrons. The number of anilines is 2. The first-order valence-electron chi connectivity index (χ1n) is 9.27. The molecule has 1 aliphatic rings. The van der Waals surface area contributed by atoms with Gasteiger partial charge in [-0.25, -0.2) is 13.1 Å². The first-order valence-corrected chi connectivity index (χ1v) is 10.8. The molecule has 0 aliphatic carbocycles. The van der Waals surface area contributed by atoms with Crippen molar-refractivity contribution < 1.29 is 17.9 Å². The Hall–Kier alpha value is -2.58. The van der Waals surface area contributed by atoms with E-state index in [-0.39, 0.29) is 17.4 Å². The van der Waals surface area contributed by atoms with E-state index in [0.29, 0.717) is 24.4 Å². The Morgan fingerprint density at radius 2 is 2.04 bits per heavy atom. The third-order valence-corrected chi connectivity index (χ3v) is 6.00. The summed E-state index contributed by atoms with van der Waals surface area (Å²) in [5.74, 6) is 0.168. The van der Waals surface area contributed by atoms with E-state index in [2.05, 4.69) is 47.0 Å². The lowest BCUT2D eigenvalue weighted by Crippen LogP contribution is -2.30. The molecule has 1 heterocycles. The van der Waals surface area contributed by atoms with Crippen molar-refractivity contribution in [2.24, 2.45) is 0 Å². The highest BCUT2D eigenvalue weighted by Crippen LogP contribution is 2.30. The number of rotatable bonds is 8. The minimum Gasteiger partial charge on any atom is -0.482 e. The van der Waals surface area contributed by atoms with Gasteiger partial charge in [-0.3, -0.25) is 4.79 Å². The van der Waals surface area contributed by atoms with Crippen LogP contribution in [0.2, 0.25) is 0 Å². The summed E-state index contributed by atoms with van der Waals surface area (Å²) in [5.41, 5.74) is 2.70. The van der Waals surface area contributed by atoms with Crippen molar-refractivity contribution in [3.8, 4) is 5.75 Å². The molecule has 0 fully saturated rings. The average Bonchev–Trinajstić information content (AvgIpc) is 2.67. The highest BCUT2D eigenvalue weighted by atomic mass is 32.2. The zero-order chi connectivity index (χ0) is 20.1. The average molecular weight is 404 g/mol. The minimum atomic E-state index is -3.66. The second-order valence-corrected chi connectivity index (χ2v) is 8.43. The van der Waals surface area contributed by atoms with Crippen molar-refractivity contribution in [1.29, 1.82) is 0 Å². The van der Waals surface area contributed by atoms with Gasteiger partial charge in [-0.05, 0) is 56.2 Å². The molecule has 0 spiro atoms. The van der Waals surface area contributed by atoms with Gasteiger partial charge in [0.05, 0.1) is 10.6 Å². The Kier molecular flexibility index (Phi) is 6.21. The van der Waals surface area contributed by atoms with Crippen LogP contribution in [0.1, 0.15) is 18.9 Å². The van der Waals surface area contributed by atoms with Crippen molar-refractivity contribution >= 4 is 27.3 Å². The van der Waals surface area contributed by atoms with Gasteiger partial charge >= 0.3 is 0 Å². The summed E-state index contributed by atoms with van der Waals surface area (Å²) >= 11 is 0. The summed E-state index contributed by atoms with van der Waals surface area (Å²) in [6, 6.07) is 12.7. The summed E-state index contributed by atoms with van der Waals surface area (Å²) in [4.78, 5) is 13.7. The first kappa shape index (κ1) is 20.2. The molecule has 0 saturated heterocycles. The van der Waals surface area contributed by atoms with Gasteiger partial charge in [-0.15, -0.1) is 0 Å². The Bertz CT molecular complexity index is 960. The molecule has 28 heavy (non-hydrogen) atoms. The fraction of sp³-hybridized carbons (Fsp3) is 0.350. The topological polar surface area (TPSA) is 87.7 Å². The van der Waals surface area contributed by atoms with Gasteiger partial charge in [0.15, 0.2) is 6.61 Å². The smallest absolute Gasteiger partial charge is 0.262 e. The maximum Gasteiger partial charge on any atom is 0.262 e. The zero-order valence-corrected chi connectivity index (χ0v) is 16.9. The fourth-order valence-electron chi connectivity index (χ4n) is 3.08. The van der Waals surface area contributed by atoms with Crippen LogP contribution in [-0.4, -0.2) is 40.6 Å². The van der Waals surface area contributed by atoms with Crippen molar-refractivity contribution in [3.05, 3.63) is 48.0 Å². The van der Waals surface area contributed by atoms with Gasteiger partial charge in [0, 0.05) is 25.3 Å². The second-order valence-electron chi connectivity index (χ2n) is 6.66. The monoisotopic (exact) mass is 403 g/mol. The summed E-state index contributed by atoms with van der Waals surface area (Å²) < 4.78 is 33.0. The van der Waals surface area contributed by atoms with Gasteiger partial charge in [0.1, 0.15) is 5.75 Å². The van der Waals surface area contributed by atoms with E-state index in [9.17, 15) is 13.2 Å². The first-order chi connectivity index (χ1) is 13.4. The molecule has 8 heteroatoms. The van der Waals surface area contributed by atoms with Crippen molar-refractivity contribution in [3.63, 3.8) is 0 Å². The normalized spacial score (nSPS) is 13.4.